The average molecular weight is 332 g/mol. The Morgan fingerprint density at radius 2 is 1.79 bits per heavy atom. The van der Waals surface area contributed by atoms with Crippen molar-refractivity contribution in [2.75, 3.05) is 19.7 Å². The maximum absolute atomic E-state index is 11.6. The zero-order valence-electron chi connectivity index (χ0n) is 15.0. The van der Waals surface area contributed by atoms with Gasteiger partial charge in [0, 0.05) is 0 Å². The first-order chi connectivity index (χ1) is 11.7. The summed E-state index contributed by atoms with van der Waals surface area (Å²) in [7, 11) is 0. The largest absolute Gasteiger partial charge is 0.382 e. The molecule has 2 atom stereocenters. The van der Waals surface area contributed by atoms with Gasteiger partial charge in [-0.2, -0.15) is 0 Å². The Morgan fingerprint density at radius 1 is 1.12 bits per heavy atom. The quantitative estimate of drug-likeness (QED) is 0.797. The van der Waals surface area contributed by atoms with Gasteiger partial charge in [-0.15, -0.1) is 0 Å². The summed E-state index contributed by atoms with van der Waals surface area (Å²) in [5.74, 6) is 0.949. The predicted octanol–water partition coefficient (Wildman–Crippen LogP) is 3.86. The number of hydrogen-bond donors (Lipinski definition) is 2. The number of rotatable bonds is 7. The maximum atomic E-state index is 11.6. The zero-order chi connectivity index (χ0) is 16.8. The molecular weight excluding hydrogens is 298 g/mol. The molecule has 0 spiro atoms. The number of aliphatic hydroxyl groups is 1. The molecule has 2 aliphatic rings. The first-order valence-electron chi connectivity index (χ1n) is 9.84. The Labute approximate surface area is 146 Å². The Kier molecular flexibility index (Phi) is 6.31. The SMILES string of the molecule is CC[C@@H](OCC(O)(c1ccccc1)C1CCCC1)C1CCNCC1. The van der Waals surface area contributed by atoms with Gasteiger partial charge in [-0.3, -0.25) is 0 Å². The van der Waals surface area contributed by atoms with Gasteiger partial charge in [0.05, 0.1) is 12.7 Å². The molecule has 3 rings (SSSR count). The van der Waals surface area contributed by atoms with E-state index in [1.54, 1.807) is 0 Å². The minimum Gasteiger partial charge on any atom is -0.382 e. The molecule has 134 valence electrons. The molecule has 1 unspecified atom stereocenters. The van der Waals surface area contributed by atoms with Crippen molar-refractivity contribution in [3.63, 3.8) is 0 Å². The molecule has 2 fully saturated rings. The van der Waals surface area contributed by atoms with E-state index in [0.29, 0.717) is 18.4 Å². The molecule has 3 heteroatoms. The Morgan fingerprint density at radius 3 is 2.42 bits per heavy atom. The van der Waals surface area contributed by atoms with Crippen molar-refractivity contribution in [2.24, 2.45) is 11.8 Å². The summed E-state index contributed by atoms with van der Waals surface area (Å²) in [5.41, 5.74) is 0.190. The van der Waals surface area contributed by atoms with Gasteiger partial charge in [-0.05, 0) is 62.6 Å². The molecule has 1 aliphatic heterocycles. The Balaban J connectivity index is 1.71. The molecule has 0 amide bonds. The van der Waals surface area contributed by atoms with E-state index in [1.165, 1.54) is 25.7 Å². The van der Waals surface area contributed by atoms with Crippen LogP contribution in [0.1, 0.15) is 57.4 Å². The van der Waals surface area contributed by atoms with Crippen molar-refractivity contribution >= 4 is 0 Å². The summed E-state index contributed by atoms with van der Waals surface area (Å²) < 4.78 is 6.38. The number of nitrogens with one attached hydrogen (secondary N) is 1. The van der Waals surface area contributed by atoms with E-state index in [9.17, 15) is 5.11 Å². The third kappa shape index (κ3) is 4.01. The van der Waals surface area contributed by atoms with Gasteiger partial charge in [0.25, 0.3) is 0 Å². The van der Waals surface area contributed by atoms with Crippen LogP contribution in [-0.4, -0.2) is 30.9 Å². The van der Waals surface area contributed by atoms with Crippen LogP contribution in [0.2, 0.25) is 0 Å². The predicted molar refractivity (Wildman–Crippen MR) is 97.9 cm³/mol. The van der Waals surface area contributed by atoms with Crippen LogP contribution in [0.3, 0.4) is 0 Å². The molecule has 1 aliphatic carbocycles. The van der Waals surface area contributed by atoms with Crippen molar-refractivity contribution in [2.45, 2.75) is 63.6 Å². The van der Waals surface area contributed by atoms with Gasteiger partial charge < -0.3 is 15.2 Å². The molecular formula is C21H33NO2. The lowest BCUT2D eigenvalue weighted by Crippen LogP contribution is -2.42. The van der Waals surface area contributed by atoms with Crippen LogP contribution >= 0.6 is 0 Å². The van der Waals surface area contributed by atoms with Gasteiger partial charge in [0.2, 0.25) is 0 Å². The highest BCUT2D eigenvalue weighted by molar-refractivity contribution is 5.24. The van der Waals surface area contributed by atoms with E-state index in [1.807, 2.05) is 18.2 Å². The molecule has 1 aromatic carbocycles. The van der Waals surface area contributed by atoms with E-state index in [4.69, 9.17) is 4.74 Å². The first kappa shape index (κ1) is 17.9. The molecule has 1 heterocycles. The Hall–Kier alpha value is -0.900. The Bertz CT molecular complexity index is 480. The van der Waals surface area contributed by atoms with Gasteiger partial charge in [0.15, 0.2) is 0 Å². The van der Waals surface area contributed by atoms with Crippen LogP contribution in [0.15, 0.2) is 30.3 Å². The van der Waals surface area contributed by atoms with E-state index in [-0.39, 0.29) is 6.10 Å². The van der Waals surface area contributed by atoms with Crippen molar-refractivity contribution in [1.82, 2.24) is 5.32 Å². The van der Waals surface area contributed by atoms with Crippen molar-refractivity contribution in [1.29, 1.82) is 0 Å². The molecule has 1 saturated carbocycles. The summed E-state index contributed by atoms with van der Waals surface area (Å²) >= 11 is 0. The molecule has 2 N–H and O–H groups in total. The topological polar surface area (TPSA) is 41.5 Å². The summed E-state index contributed by atoms with van der Waals surface area (Å²) in [6, 6.07) is 10.2. The second-order valence-electron chi connectivity index (χ2n) is 7.62. The number of hydrogen-bond acceptors (Lipinski definition) is 3. The van der Waals surface area contributed by atoms with Crippen LogP contribution in [0.25, 0.3) is 0 Å². The summed E-state index contributed by atoms with van der Waals surface area (Å²) in [6.07, 6.45) is 8.34. The number of benzene rings is 1. The second-order valence-corrected chi connectivity index (χ2v) is 7.62. The van der Waals surface area contributed by atoms with Gasteiger partial charge in [-0.25, -0.2) is 0 Å². The standard InChI is InChI=1S/C21H33NO2/c1-2-20(17-12-14-22-15-13-17)24-16-21(23,19-10-6-7-11-19)18-8-4-3-5-9-18/h3-5,8-9,17,19-20,22-23H,2,6-7,10-16H2,1H3/t20-,21?/m1/s1. The van der Waals surface area contributed by atoms with Crippen LogP contribution in [-0.2, 0) is 10.3 Å². The fourth-order valence-electron chi connectivity index (χ4n) is 4.60. The fourth-order valence-corrected chi connectivity index (χ4v) is 4.60. The first-order valence-corrected chi connectivity index (χ1v) is 9.84. The van der Waals surface area contributed by atoms with Gasteiger partial charge >= 0.3 is 0 Å². The molecule has 24 heavy (non-hydrogen) atoms. The van der Waals surface area contributed by atoms with Crippen molar-refractivity contribution in [3.8, 4) is 0 Å². The monoisotopic (exact) mass is 331 g/mol. The third-order valence-electron chi connectivity index (χ3n) is 6.13. The summed E-state index contributed by atoms with van der Waals surface area (Å²) in [6.45, 7) is 4.83. The zero-order valence-corrected chi connectivity index (χ0v) is 15.0. The summed E-state index contributed by atoms with van der Waals surface area (Å²) in [4.78, 5) is 0. The van der Waals surface area contributed by atoms with E-state index in [2.05, 4.69) is 24.4 Å². The lowest BCUT2D eigenvalue weighted by atomic mass is 9.80. The summed E-state index contributed by atoms with van der Waals surface area (Å²) in [5, 5.41) is 15.0. The van der Waals surface area contributed by atoms with Gasteiger partial charge in [-0.1, -0.05) is 50.1 Å². The van der Waals surface area contributed by atoms with Crippen LogP contribution in [0.4, 0.5) is 0 Å². The van der Waals surface area contributed by atoms with Crippen molar-refractivity contribution in [3.05, 3.63) is 35.9 Å². The fraction of sp³-hybridized carbons (Fsp3) is 0.714. The normalized spacial score (nSPS) is 23.9. The second kappa shape index (κ2) is 8.46. The molecule has 0 bridgehead atoms. The van der Waals surface area contributed by atoms with Crippen molar-refractivity contribution < 1.29 is 9.84 Å². The van der Waals surface area contributed by atoms with Gasteiger partial charge in [0.1, 0.15) is 5.60 Å². The maximum Gasteiger partial charge on any atom is 0.116 e. The minimum absolute atomic E-state index is 0.267. The van der Waals surface area contributed by atoms with E-state index >= 15 is 0 Å². The third-order valence-corrected chi connectivity index (χ3v) is 6.13. The molecule has 0 aromatic heterocycles. The number of ether oxygens (including phenoxy) is 1. The van der Waals surface area contributed by atoms with E-state index in [0.717, 1.165) is 37.9 Å². The lowest BCUT2D eigenvalue weighted by Gasteiger charge is -2.38. The highest BCUT2D eigenvalue weighted by Gasteiger charge is 2.41. The minimum atomic E-state index is -0.835. The molecule has 3 nitrogen and oxygen atoms in total. The highest BCUT2D eigenvalue weighted by atomic mass is 16.5. The average Bonchev–Trinajstić information content (AvgIpc) is 3.19. The molecule has 1 aromatic rings. The van der Waals surface area contributed by atoms with E-state index < -0.39 is 5.60 Å². The highest BCUT2D eigenvalue weighted by Crippen LogP contribution is 2.41. The lowest BCUT2D eigenvalue weighted by molar-refractivity contribution is -0.122. The van der Waals surface area contributed by atoms with Crippen LogP contribution in [0, 0.1) is 11.8 Å². The van der Waals surface area contributed by atoms with Crippen LogP contribution < -0.4 is 5.32 Å². The van der Waals surface area contributed by atoms with Crippen LogP contribution in [0.5, 0.6) is 0 Å². The molecule has 1 saturated heterocycles. The smallest absolute Gasteiger partial charge is 0.116 e. The molecule has 0 radical (unpaired) electrons. The number of piperidine rings is 1.